The number of carbonyl (C=O) groups excluding carboxylic acids is 2. The van der Waals surface area contributed by atoms with Crippen LogP contribution in [0.4, 0.5) is 0 Å². The molecule has 2 amide bonds. The van der Waals surface area contributed by atoms with Crippen LogP contribution in [-0.2, 0) is 16.1 Å². The fraction of sp³-hybridized carbons (Fsp3) is 0.391. The van der Waals surface area contributed by atoms with Gasteiger partial charge in [0.25, 0.3) is 5.91 Å². The second-order valence-electron chi connectivity index (χ2n) is 7.42. The molecule has 2 aromatic rings. The number of ether oxygens (including phenoxy) is 1. The van der Waals surface area contributed by atoms with Crippen molar-refractivity contribution in [2.75, 3.05) is 6.61 Å². The molecule has 0 bridgehead atoms. The number of carbonyl (C=O) groups is 2. The molecular formula is C23H27BrCl2N2O3. The Balaban J connectivity index is 2.23. The van der Waals surface area contributed by atoms with Gasteiger partial charge in [-0.3, -0.25) is 9.59 Å². The highest BCUT2D eigenvalue weighted by molar-refractivity contribution is 9.10. The van der Waals surface area contributed by atoms with Crippen molar-refractivity contribution in [1.29, 1.82) is 0 Å². The van der Waals surface area contributed by atoms with Crippen LogP contribution in [0.3, 0.4) is 0 Å². The third-order valence-electron chi connectivity index (χ3n) is 5.05. The highest BCUT2D eigenvalue weighted by atomic mass is 79.9. The molecule has 0 radical (unpaired) electrons. The summed E-state index contributed by atoms with van der Waals surface area (Å²) in [6.45, 7) is 7.39. The van der Waals surface area contributed by atoms with Crippen molar-refractivity contribution < 1.29 is 14.3 Å². The molecule has 0 heterocycles. The summed E-state index contributed by atoms with van der Waals surface area (Å²) in [5, 5.41) is 3.79. The lowest BCUT2D eigenvalue weighted by molar-refractivity contribution is -0.142. The number of hydrogen-bond donors (Lipinski definition) is 1. The molecule has 31 heavy (non-hydrogen) atoms. The molecule has 2 aromatic carbocycles. The number of hydrogen-bond acceptors (Lipinski definition) is 3. The topological polar surface area (TPSA) is 58.6 Å². The van der Waals surface area contributed by atoms with Gasteiger partial charge in [-0.15, -0.1) is 0 Å². The van der Waals surface area contributed by atoms with E-state index in [0.29, 0.717) is 21.4 Å². The number of nitrogens with one attached hydrogen (secondary N) is 1. The molecule has 168 valence electrons. The maximum atomic E-state index is 13.1. The Hall–Kier alpha value is -1.76. The minimum Gasteiger partial charge on any atom is -0.484 e. The van der Waals surface area contributed by atoms with Crippen LogP contribution in [0.2, 0.25) is 10.0 Å². The van der Waals surface area contributed by atoms with Crippen molar-refractivity contribution in [3.63, 3.8) is 0 Å². The predicted molar refractivity (Wildman–Crippen MR) is 129 cm³/mol. The Morgan fingerprint density at radius 1 is 1.16 bits per heavy atom. The van der Waals surface area contributed by atoms with E-state index in [4.69, 9.17) is 27.9 Å². The first kappa shape index (κ1) is 25.5. The zero-order chi connectivity index (χ0) is 23.1. The molecule has 0 saturated heterocycles. The molecule has 2 rings (SSSR count). The van der Waals surface area contributed by atoms with Crippen LogP contribution < -0.4 is 10.1 Å². The molecule has 1 N–H and O–H groups in total. The van der Waals surface area contributed by atoms with E-state index in [9.17, 15) is 9.59 Å². The second kappa shape index (κ2) is 11.7. The van der Waals surface area contributed by atoms with Crippen molar-refractivity contribution in [3.05, 3.63) is 62.0 Å². The van der Waals surface area contributed by atoms with Crippen molar-refractivity contribution in [2.45, 2.75) is 52.7 Å². The lowest BCUT2D eigenvalue weighted by Crippen LogP contribution is -2.50. The van der Waals surface area contributed by atoms with Crippen LogP contribution in [0, 0.1) is 6.92 Å². The molecule has 0 aliphatic rings. The Labute approximate surface area is 202 Å². The maximum absolute atomic E-state index is 13.1. The molecule has 2 atom stereocenters. The van der Waals surface area contributed by atoms with E-state index in [1.807, 2.05) is 32.9 Å². The quantitative estimate of drug-likeness (QED) is 0.448. The highest BCUT2D eigenvalue weighted by Crippen LogP contribution is 2.27. The fourth-order valence-corrected chi connectivity index (χ4v) is 3.60. The SMILES string of the molecule is CC[C@@H](C)NC(=O)[C@H](C)N(Cc1c(Cl)cccc1Cl)C(=O)COc1ccc(Br)c(C)c1. The molecule has 0 aliphatic carbocycles. The molecule has 0 saturated carbocycles. The smallest absolute Gasteiger partial charge is 0.261 e. The molecule has 0 spiro atoms. The summed E-state index contributed by atoms with van der Waals surface area (Å²) in [6.07, 6.45) is 0.786. The minimum absolute atomic E-state index is 0.00204. The zero-order valence-corrected chi connectivity index (χ0v) is 21.1. The van der Waals surface area contributed by atoms with E-state index >= 15 is 0 Å². The van der Waals surface area contributed by atoms with Gasteiger partial charge >= 0.3 is 0 Å². The van der Waals surface area contributed by atoms with Crippen LogP contribution in [-0.4, -0.2) is 35.4 Å². The number of halogens is 3. The van der Waals surface area contributed by atoms with Gasteiger partial charge in [0.15, 0.2) is 6.61 Å². The van der Waals surface area contributed by atoms with E-state index in [-0.39, 0.29) is 31.0 Å². The monoisotopic (exact) mass is 528 g/mol. The van der Waals surface area contributed by atoms with E-state index < -0.39 is 6.04 Å². The highest BCUT2D eigenvalue weighted by Gasteiger charge is 2.28. The molecule has 0 fully saturated rings. The van der Waals surface area contributed by atoms with E-state index in [1.165, 1.54) is 4.90 Å². The van der Waals surface area contributed by atoms with Crippen molar-refractivity contribution in [2.24, 2.45) is 0 Å². The average Bonchev–Trinajstić information content (AvgIpc) is 2.73. The van der Waals surface area contributed by atoms with Gasteiger partial charge in [-0.1, -0.05) is 52.1 Å². The average molecular weight is 530 g/mol. The second-order valence-corrected chi connectivity index (χ2v) is 9.08. The van der Waals surface area contributed by atoms with Gasteiger partial charge in [-0.2, -0.15) is 0 Å². The van der Waals surface area contributed by atoms with Crippen LogP contribution in [0.5, 0.6) is 5.75 Å². The Morgan fingerprint density at radius 2 is 1.81 bits per heavy atom. The Kier molecular flexibility index (Phi) is 9.66. The first-order valence-electron chi connectivity index (χ1n) is 10.1. The lowest BCUT2D eigenvalue weighted by Gasteiger charge is -2.30. The summed E-state index contributed by atoms with van der Waals surface area (Å²) in [4.78, 5) is 27.3. The van der Waals surface area contributed by atoms with Gasteiger partial charge < -0.3 is 15.0 Å². The molecule has 5 nitrogen and oxygen atoms in total. The largest absolute Gasteiger partial charge is 0.484 e. The zero-order valence-electron chi connectivity index (χ0n) is 18.0. The summed E-state index contributed by atoms with van der Waals surface area (Å²) >= 11 is 16.1. The van der Waals surface area contributed by atoms with Crippen LogP contribution in [0.15, 0.2) is 40.9 Å². The third-order valence-corrected chi connectivity index (χ3v) is 6.65. The Bertz CT molecular complexity index is 919. The van der Waals surface area contributed by atoms with Crippen LogP contribution in [0.25, 0.3) is 0 Å². The summed E-state index contributed by atoms with van der Waals surface area (Å²) in [7, 11) is 0. The normalized spacial score (nSPS) is 12.7. The first-order chi connectivity index (χ1) is 14.6. The number of benzene rings is 2. The van der Waals surface area contributed by atoms with Gasteiger partial charge in [0.2, 0.25) is 5.91 Å². The standard InChI is InChI=1S/C23H27BrCl2N2O3/c1-5-15(3)27-23(30)16(4)28(12-18-20(25)7-6-8-21(18)26)22(29)13-31-17-9-10-19(24)14(2)11-17/h6-11,15-16H,5,12-13H2,1-4H3,(H,27,30)/t15-,16+/m1/s1. The molecule has 0 unspecified atom stereocenters. The summed E-state index contributed by atoms with van der Waals surface area (Å²) < 4.78 is 6.66. The maximum Gasteiger partial charge on any atom is 0.261 e. The lowest BCUT2D eigenvalue weighted by atomic mass is 10.1. The van der Waals surface area contributed by atoms with Gasteiger partial charge in [-0.05, 0) is 63.1 Å². The fourth-order valence-electron chi connectivity index (χ4n) is 2.84. The summed E-state index contributed by atoms with van der Waals surface area (Å²) in [5.74, 6) is -0.0183. The van der Waals surface area contributed by atoms with Crippen LogP contribution >= 0.6 is 39.1 Å². The molecular weight excluding hydrogens is 503 g/mol. The van der Waals surface area contributed by atoms with E-state index in [1.54, 1.807) is 31.2 Å². The van der Waals surface area contributed by atoms with E-state index in [0.717, 1.165) is 16.5 Å². The molecule has 0 aliphatic heterocycles. The summed E-state index contributed by atoms with van der Waals surface area (Å²) in [6, 6.07) is 9.88. The van der Waals surface area contributed by atoms with Gasteiger partial charge in [0.1, 0.15) is 11.8 Å². The molecule has 0 aromatic heterocycles. The summed E-state index contributed by atoms with van der Waals surface area (Å²) in [5.41, 5.74) is 1.58. The third kappa shape index (κ3) is 7.13. The van der Waals surface area contributed by atoms with Crippen molar-refractivity contribution in [3.8, 4) is 5.75 Å². The van der Waals surface area contributed by atoms with Crippen LogP contribution in [0.1, 0.15) is 38.3 Å². The van der Waals surface area contributed by atoms with Crippen molar-refractivity contribution >= 4 is 50.9 Å². The predicted octanol–water partition coefficient (Wildman–Crippen LogP) is 5.78. The number of aryl methyl sites for hydroxylation is 1. The first-order valence-corrected chi connectivity index (χ1v) is 11.6. The Morgan fingerprint density at radius 3 is 2.39 bits per heavy atom. The minimum atomic E-state index is -0.732. The number of rotatable bonds is 9. The van der Waals surface area contributed by atoms with Gasteiger partial charge in [0.05, 0.1) is 0 Å². The van der Waals surface area contributed by atoms with Gasteiger partial charge in [0, 0.05) is 32.7 Å². The van der Waals surface area contributed by atoms with E-state index in [2.05, 4.69) is 21.2 Å². The van der Waals surface area contributed by atoms with Gasteiger partial charge in [-0.25, -0.2) is 0 Å². The van der Waals surface area contributed by atoms with Crippen molar-refractivity contribution in [1.82, 2.24) is 10.2 Å². The number of nitrogens with zero attached hydrogens (tertiary/aromatic N) is 1. The number of amides is 2. The molecule has 8 heteroatoms.